The number of rotatable bonds is 4. The number of carbonyl (C=O) groups excluding carboxylic acids is 1. The van der Waals surface area contributed by atoms with E-state index in [9.17, 15) is 13.2 Å². The zero-order valence-electron chi connectivity index (χ0n) is 15.5. The van der Waals surface area contributed by atoms with Crippen molar-refractivity contribution in [1.29, 1.82) is 0 Å². The summed E-state index contributed by atoms with van der Waals surface area (Å²) in [7, 11) is -3.79. The Balaban J connectivity index is 1.84. The Kier molecular flexibility index (Phi) is 4.90. The normalized spacial score (nSPS) is 15.0. The minimum absolute atomic E-state index is 0.235. The van der Waals surface area contributed by atoms with Crippen molar-refractivity contribution in [3.8, 4) is 0 Å². The van der Waals surface area contributed by atoms with Gasteiger partial charge in [0.1, 0.15) is 0 Å². The van der Waals surface area contributed by atoms with Crippen LogP contribution in [-0.4, -0.2) is 26.9 Å². The molecule has 6 heteroatoms. The van der Waals surface area contributed by atoms with Crippen LogP contribution in [0.2, 0.25) is 0 Å². The first-order chi connectivity index (χ1) is 12.2. The van der Waals surface area contributed by atoms with Gasteiger partial charge >= 0.3 is 0 Å². The summed E-state index contributed by atoms with van der Waals surface area (Å²) in [6.45, 7) is 7.66. The lowest BCUT2D eigenvalue weighted by atomic mass is 10.1. The average Bonchev–Trinajstić information content (AvgIpc) is 2.96. The Labute approximate surface area is 155 Å². The number of nitrogens with zero attached hydrogens (tertiary/aromatic N) is 1. The Hall–Kier alpha value is -2.18. The molecule has 0 bridgehead atoms. The molecule has 1 amide bonds. The maximum atomic E-state index is 12.9. The summed E-state index contributed by atoms with van der Waals surface area (Å²) >= 11 is 0. The van der Waals surface area contributed by atoms with Crippen LogP contribution in [0.15, 0.2) is 41.3 Å². The van der Waals surface area contributed by atoms with Gasteiger partial charge in [0.15, 0.2) is 0 Å². The highest BCUT2D eigenvalue weighted by Gasteiger charge is 2.31. The Morgan fingerprint density at radius 1 is 1.12 bits per heavy atom. The minimum atomic E-state index is -3.79. The zero-order chi connectivity index (χ0) is 19.1. The van der Waals surface area contributed by atoms with Gasteiger partial charge in [-0.25, -0.2) is 8.42 Å². The average molecular weight is 372 g/mol. The summed E-state index contributed by atoms with van der Waals surface area (Å²) in [6.07, 6.45) is 0.789. The van der Waals surface area contributed by atoms with Gasteiger partial charge in [0.2, 0.25) is 15.9 Å². The number of nitrogens with one attached hydrogen (secondary N) is 1. The smallest absolute Gasteiger partial charge is 0.244 e. The van der Waals surface area contributed by atoms with E-state index in [0.717, 1.165) is 23.2 Å². The lowest BCUT2D eigenvalue weighted by Gasteiger charge is -2.23. The molecule has 3 rings (SSSR count). The van der Waals surface area contributed by atoms with Gasteiger partial charge in [-0.3, -0.25) is 4.79 Å². The molecule has 0 aliphatic carbocycles. The SMILES string of the molecule is Cc1cc(C)c(S(=O)(=O)N[C@@H](C)C(=O)N2CCc3ccccc32)c(C)c1. The van der Waals surface area contributed by atoms with Gasteiger partial charge in [-0.2, -0.15) is 4.72 Å². The molecule has 0 saturated heterocycles. The third kappa shape index (κ3) is 3.39. The van der Waals surface area contributed by atoms with Gasteiger partial charge in [-0.1, -0.05) is 35.9 Å². The molecule has 138 valence electrons. The van der Waals surface area contributed by atoms with Crippen molar-refractivity contribution >= 4 is 21.6 Å². The van der Waals surface area contributed by atoms with E-state index in [1.165, 1.54) is 0 Å². The molecule has 1 atom stereocenters. The molecule has 0 saturated carbocycles. The Morgan fingerprint density at radius 2 is 1.73 bits per heavy atom. The molecule has 0 fully saturated rings. The van der Waals surface area contributed by atoms with Crippen molar-refractivity contribution in [1.82, 2.24) is 4.72 Å². The van der Waals surface area contributed by atoms with E-state index in [4.69, 9.17) is 0 Å². The molecule has 1 aliphatic heterocycles. The number of aryl methyl sites for hydroxylation is 3. The number of para-hydroxylation sites is 1. The molecule has 0 unspecified atom stereocenters. The van der Waals surface area contributed by atoms with Crippen molar-refractivity contribution in [2.24, 2.45) is 0 Å². The second-order valence-corrected chi connectivity index (χ2v) is 8.59. The summed E-state index contributed by atoms with van der Waals surface area (Å²) in [4.78, 5) is 14.8. The van der Waals surface area contributed by atoms with E-state index < -0.39 is 16.1 Å². The molecule has 5 nitrogen and oxygen atoms in total. The number of sulfonamides is 1. The molecule has 1 heterocycles. The largest absolute Gasteiger partial charge is 0.310 e. The second kappa shape index (κ2) is 6.85. The van der Waals surface area contributed by atoms with Crippen molar-refractivity contribution < 1.29 is 13.2 Å². The summed E-state index contributed by atoms with van der Waals surface area (Å²) in [5.74, 6) is -0.235. The second-order valence-electron chi connectivity index (χ2n) is 6.94. The zero-order valence-corrected chi connectivity index (χ0v) is 16.4. The Bertz CT molecular complexity index is 944. The highest BCUT2D eigenvalue weighted by atomic mass is 32.2. The van der Waals surface area contributed by atoms with Gasteiger partial charge < -0.3 is 4.90 Å². The monoisotopic (exact) mass is 372 g/mol. The Morgan fingerprint density at radius 3 is 2.38 bits per heavy atom. The first-order valence-electron chi connectivity index (χ1n) is 8.70. The molecular weight excluding hydrogens is 348 g/mol. The fraction of sp³-hybridized carbons (Fsp3) is 0.350. The van der Waals surface area contributed by atoms with Gasteiger partial charge in [-0.15, -0.1) is 0 Å². The van der Waals surface area contributed by atoms with Gasteiger partial charge in [0, 0.05) is 12.2 Å². The molecule has 26 heavy (non-hydrogen) atoms. The first-order valence-corrected chi connectivity index (χ1v) is 10.2. The van der Waals surface area contributed by atoms with Crippen LogP contribution < -0.4 is 9.62 Å². The third-order valence-electron chi connectivity index (χ3n) is 4.73. The standard InChI is InChI=1S/C20H24N2O3S/c1-13-11-14(2)19(15(3)12-13)26(24,25)21-16(4)20(23)22-10-9-17-7-5-6-8-18(17)22/h5-8,11-12,16,21H,9-10H2,1-4H3/t16-/m0/s1. The number of hydrogen-bond donors (Lipinski definition) is 1. The molecule has 2 aromatic rings. The van der Waals surface area contributed by atoms with Crippen molar-refractivity contribution in [3.05, 3.63) is 58.7 Å². The summed E-state index contributed by atoms with van der Waals surface area (Å²) in [5.41, 5.74) is 4.35. The lowest BCUT2D eigenvalue weighted by Crippen LogP contribution is -2.46. The van der Waals surface area contributed by atoms with Crippen LogP contribution in [0.25, 0.3) is 0 Å². The first kappa shape index (κ1) is 18.6. The lowest BCUT2D eigenvalue weighted by molar-refractivity contribution is -0.119. The van der Waals surface area contributed by atoms with Gasteiger partial charge in [-0.05, 0) is 56.9 Å². The molecule has 1 aliphatic rings. The van der Waals surface area contributed by atoms with E-state index in [1.807, 2.05) is 43.3 Å². The number of amides is 1. The van der Waals surface area contributed by atoms with Crippen LogP contribution in [0.1, 0.15) is 29.2 Å². The van der Waals surface area contributed by atoms with Crippen molar-refractivity contribution in [2.45, 2.75) is 45.1 Å². The maximum Gasteiger partial charge on any atom is 0.244 e. The van der Waals surface area contributed by atoms with Crippen LogP contribution in [0.5, 0.6) is 0 Å². The van der Waals surface area contributed by atoms with E-state index in [2.05, 4.69) is 4.72 Å². The minimum Gasteiger partial charge on any atom is -0.310 e. The van der Waals surface area contributed by atoms with E-state index >= 15 is 0 Å². The van der Waals surface area contributed by atoms with Crippen molar-refractivity contribution in [2.75, 3.05) is 11.4 Å². The highest BCUT2D eigenvalue weighted by molar-refractivity contribution is 7.89. The fourth-order valence-corrected chi connectivity index (χ4v) is 5.38. The van der Waals surface area contributed by atoms with Crippen LogP contribution in [0.4, 0.5) is 5.69 Å². The predicted molar refractivity (Wildman–Crippen MR) is 103 cm³/mol. The molecule has 0 aromatic heterocycles. The molecule has 1 N–H and O–H groups in total. The predicted octanol–water partition coefficient (Wildman–Crippen LogP) is 2.87. The van der Waals surface area contributed by atoms with Crippen LogP contribution in [0.3, 0.4) is 0 Å². The molecule has 2 aromatic carbocycles. The summed E-state index contributed by atoms with van der Waals surface area (Å²) in [5, 5.41) is 0. The summed E-state index contributed by atoms with van der Waals surface area (Å²) < 4.78 is 28.3. The van der Waals surface area contributed by atoms with E-state index in [-0.39, 0.29) is 10.8 Å². The number of fused-ring (bicyclic) bond motifs is 1. The number of anilines is 1. The third-order valence-corrected chi connectivity index (χ3v) is 6.57. The topological polar surface area (TPSA) is 66.5 Å². The number of benzene rings is 2. The van der Waals surface area contributed by atoms with Crippen LogP contribution in [0, 0.1) is 20.8 Å². The van der Waals surface area contributed by atoms with E-state index in [1.54, 1.807) is 25.7 Å². The summed E-state index contributed by atoms with van der Waals surface area (Å²) in [6, 6.07) is 10.6. The number of hydrogen-bond acceptors (Lipinski definition) is 3. The van der Waals surface area contributed by atoms with Crippen LogP contribution in [-0.2, 0) is 21.2 Å². The van der Waals surface area contributed by atoms with Crippen molar-refractivity contribution in [3.63, 3.8) is 0 Å². The van der Waals surface area contributed by atoms with Crippen LogP contribution >= 0.6 is 0 Å². The fourth-order valence-electron chi connectivity index (χ4n) is 3.73. The molecule has 0 spiro atoms. The quantitative estimate of drug-likeness (QED) is 0.897. The highest BCUT2D eigenvalue weighted by Crippen LogP contribution is 2.28. The van der Waals surface area contributed by atoms with Gasteiger partial charge in [0.05, 0.1) is 10.9 Å². The van der Waals surface area contributed by atoms with E-state index in [0.29, 0.717) is 17.7 Å². The van der Waals surface area contributed by atoms with Gasteiger partial charge in [0.25, 0.3) is 0 Å². The molecular formula is C20H24N2O3S. The maximum absolute atomic E-state index is 12.9. The molecule has 0 radical (unpaired) electrons. The number of carbonyl (C=O) groups is 1.